The number of ether oxygens (including phenoxy) is 3. The molecule has 0 aliphatic carbocycles. The number of likely N-dealkylation sites (N-methyl/N-ethyl adjacent to an activating group) is 1. The Morgan fingerprint density at radius 1 is 1.17 bits per heavy atom. The lowest BCUT2D eigenvalue weighted by atomic mass is 10.1. The number of esters is 1. The maximum absolute atomic E-state index is 13.1. The van der Waals surface area contributed by atoms with Crippen LogP contribution in [0.25, 0.3) is 0 Å². The maximum atomic E-state index is 13.1. The molecule has 3 rings (SSSR count). The minimum Gasteiger partial charge on any atom is -0.486 e. The van der Waals surface area contributed by atoms with Crippen LogP contribution in [-0.2, 0) is 9.53 Å². The van der Waals surface area contributed by atoms with Crippen LogP contribution in [0.5, 0.6) is 11.5 Å². The molecule has 1 heterocycles. The highest BCUT2D eigenvalue weighted by Crippen LogP contribution is 2.36. The van der Waals surface area contributed by atoms with Gasteiger partial charge in [-0.1, -0.05) is 0 Å². The Morgan fingerprint density at radius 2 is 1.79 bits per heavy atom. The Kier molecular flexibility index (Phi) is 5.91. The topological polar surface area (TPSA) is 108 Å². The summed E-state index contributed by atoms with van der Waals surface area (Å²) >= 11 is 0. The monoisotopic (exact) mass is 404 g/mol. The molecular weight excluding hydrogens is 387 g/mol. The van der Waals surface area contributed by atoms with Gasteiger partial charge in [0.2, 0.25) is 0 Å². The van der Waals surface area contributed by atoms with Crippen LogP contribution in [0.3, 0.4) is 0 Å². The number of rotatable bonds is 6. The van der Waals surface area contributed by atoms with Crippen molar-refractivity contribution in [1.29, 1.82) is 0 Å². The minimum atomic E-state index is -1.04. The number of nitro groups is 1. The molecule has 2 aromatic rings. The SMILES string of the molecule is CCN(C(=O)COC(=O)c1cc2c(cc1[N+](=O)[O-])OCCO2)c1ccc(F)cc1. The largest absolute Gasteiger partial charge is 0.486 e. The van der Waals surface area contributed by atoms with Crippen molar-refractivity contribution in [2.24, 2.45) is 0 Å². The molecule has 0 radical (unpaired) electrons. The smallest absolute Gasteiger partial charge is 0.345 e. The number of fused-ring (bicyclic) bond motifs is 1. The van der Waals surface area contributed by atoms with Crippen molar-refractivity contribution >= 4 is 23.3 Å². The van der Waals surface area contributed by atoms with Crippen LogP contribution in [0.1, 0.15) is 17.3 Å². The number of benzene rings is 2. The molecular formula is C19H17FN2O7. The summed E-state index contributed by atoms with van der Waals surface area (Å²) < 4.78 is 28.7. The fourth-order valence-corrected chi connectivity index (χ4v) is 2.80. The highest BCUT2D eigenvalue weighted by Gasteiger charge is 2.28. The van der Waals surface area contributed by atoms with E-state index in [1.165, 1.54) is 29.2 Å². The Balaban J connectivity index is 1.75. The molecule has 0 saturated carbocycles. The van der Waals surface area contributed by atoms with E-state index in [-0.39, 0.29) is 36.8 Å². The molecule has 0 N–H and O–H groups in total. The van der Waals surface area contributed by atoms with E-state index >= 15 is 0 Å². The van der Waals surface area contributed by atoms with Crippen molar-refractivity contribution in [2.75, 3.05) is 31.3 Å². The zero-order chi connectivity index (χ0) is 21.0. The second kappa shape index (κ2) is 8.55. The fraction of sp³-hybridized carbons (Fsp3) is 0.263. The van der Waals surface area contributed by atoms with Gasteiger partial charge in [0.1, 0.15) is 24.6 Å². The molecule has 0 fully saturated rings. The number of halogens is 1. The summed E-state index contributed by atoms with van der Waals surface area (Å²) in [5, 5.41) is 11.3. The first-order chi connectivity index (χ1) is 13.9. The predicted octanol–water partition coefficient (Wildman–Crippen LogP) is 2.72. The van der Waals surface area contributed by atoms with E-state index in [0.717, 1.165) is 12.1 Å². The highest BCUT2D eigenvalue weighted by atomic mass is 19.1. The maximum Gasteiger partial charge on any atom is 0.345 e. The van der Waals surface area contributed by atoms with Crippen molar-refractivity contribution < 1.29 is 33.1 Å². The van der Waals surface area contributed by atoms with Gasteiger partial charge in [-0.05, 0) is 31.2 Å². The second-order valence-electron chi connectivity index (χ2n) is 5.96. The molecule has 152 valence electrons. The predicted molar refractivity (Wildman–Crippen MR) is 98.8 cm³/mol. The molecule has 29 heavy (non-hydrogen) atoms. The first-order valence-electron chi connectivity index (χ1n) is 8.71. The number of anilines is 1. The molecule has 9 nitrogen and oxygen atoms in total. The summed E-state index contributed by atoms with van der Waals surface area (Å²) in [5.74, 6) is -1.72. The molecule has 0 saturated heterocycles. The molecule has 0 spiro atoms. The quantitative estimate of drug-likeness (QED) is 0.414. The Hall–Kier alpha value is -3.69. The molecule has 1 aliphatic rings. The van der Waals surface area contributed by atoms with Crippen LogP contribution in [0.4, 0.5) is 15.8 Å². The summed E-state index contributed by atoms with van der Waals surface area (Å²) in [5.41, 5.74) is -0.435. The number of carbonyl (C=O) groups excluding carboxylic acids is 2. The summed E-state index contributed by atoms with van der Waals surface area (Å²) in [7, 11) is 0. The summed E-state index contributed by atoms with van der Waals surface area (Å²) in [6, 6.07) is 7.50. The van der Waals surface area contributed by atoms with Crippen LogP contribution in [0.2, 0.25) is 0 Å². The molecule has 2 aromatic carbocycles. The zero-order valence-corrected chi connectivity index (χ0v) is 15.4. The molecule has 1 amide bonds. The lowest BCUT2D eigenvalue weighted by Gasteiger charge is -2.21. The molecule has 10 heteroatoms. The number of nitrogens with zero attached hydrogens (tertiary/aromatic N) is 2. The third-order valence-corrected chi connectivity index (χ3v) is 4.16. The van der Waals surface area contributed by atoms with E-state index in [1.807, 2.05) is 0 Å². The molecule has 0 bridgehead atoms. The average Bonchev–Trinajstić information content (AvgIpc) is 2.72. The lowest BCUT2D eigenvalue weighted by molar-refractivity contribution is -0.385. The van der Waals surface area contributed by atoms with Gasteiger partial charge in [0.25, 0.3) is 11.6 Å². The fourth-order valence-electron chi connectivity index (χ4n) is 2.80. The highest BCUT2D eigenvalue weighted by molar-refractivity contribution is 5.99. The third-order valence-electron chi connectivity index (χ3n) is 4.16. The van der Waals surface area contributed by atoms with E-state index in [4.69, 9.17) is 14.2 Å². The number of carbonyl (C=O) groups is 2. The molecule has 0 aromatic heterocycles. The summed E-state index contributed by atoms with van der Waals surface area (Å²) in [4.78, 5) is 36.7. The molecule has 0 atom stereocenters. The first kappa shape index (κ1) is 20.1. The van der Waals surface area contributed by atoms with Gasteiger partial charge < -0.3 is 19.1 Å². The second-order valence-corrected chi connectivity index (χ2v) is 5.96. The van der Waals surface area contributed by atoms with Gasteiger partial charge in [-0.15, -0.1) is 0 Å². The van der Waals surface area contributed by atoms with E-state index in [9.17, 15) is 24.1 Å². The zero-order valence-electron chi connectivity index (χ0n) is 15.4. The van der Waals surface area contributed by atoms with Gasteiger partial charge in [0, 0.05) is 18.3 Å². The van der Waals surface area contributed by atoms with Gasteiger partial charge in [0.05, 0.1) is 11.0 Å². The van der Waals surface area contributed by atoms with Crippen LogP contribution < -0.4 is 14.4 Å². The number of amides is 1. The van der Waals surface area contributed by atoms with Gasteiger partial charge in [0.15, 0.2) is 18.1 Å². The van der Waals surface area contributed by atoms with Crippen molar-refractivity contribution in [3.05, 3.63) is 57.9 Å². The van der Waals surface area contributed by atoms with Crippen LogP contribution >= 0.6 is 0 Å². The van der Waals surface area contributed by atoms with Crippen molar-refractivity contribution in [3.63, 3.8) is 0 Å². The van der Waals surface area contributed by atoms with Gasteiger partial charge >= 0.3 is 5.97 Å². The Bertz CT molecular complexity index is 946. The van der Waals surface area contributed by atoms with E-state index < -0.39 is 34.9 Å². The standard InChI is InChI=1S/C19H17FN2O7/c1-2-21(13-5-3-12(20)4-6-13)18(23)11-29-19(24)14-9-16-17(28-8-7-27-16)10-15(14)22(25)26/h3-6,9-10H,2,7-8,11H2,1H3. The minimum absolute atomic E-state index is 0.157. The van der Waals surface area contributed by atoms with E-state index in [0.29, 0.717) is 5.69 Å². The summed E-state index contributed by atoms with van der Waals surface area (Å²) in [6.45, 7) is 1.79. The summed E-state index contributed by atoms with van der Waals surface area (Å²) in [6.07, 6.45) is 0. The van der Waals surface area contributed by atoms with Crippen LogP contribution in [0.15, 0.2) is 36.4 Å². The number of hydrogen-bond donors (Lipinski definition) is 0. The number of nitro benzene ring substituents is 1. The molecule has 0 unspecified atom stereocenters. The van der Waals surface area contributed by atoms with E-state index in [1.54, 1.807) is 6.92 Å². The Labute approximate surface area is 164 Å². The van der Waals surface area contributed by atoms with Crippen molar-refractivity contribution in [1.82, 2.24) is 0 Å². The molecule has 1 aliphatic heterocycles. The number of hydrogen-bond acceptors (Lipinski definition) is 7. The first-order valence-corrected chi connectivity index (χ1v) is 8.71. The van der Waals surface area contributed by atoms with Crippen molar-refractivity contribution in [3.8, 4) is 11.5 Å². The van der Waals surface area contributed by atoms with Gasteiger partial charge in [-0.25, -0.2) is 9.18 Å². The Morgan fingerprint density at radius 3 is 2.38 bits per heavy atom. The average molecular weight is 404 g/mol. The lowest BCUT2D eigenvalue weighted by Crippen LogP contribution is -2.34. The van der Waals surface area contributed by atoms with Gasteiger partial charge in [-0.3, -0.25) is 14.9 Å². The van der Waals surface area contributed by atoms with E-state index in [2.05, 4.69) is 0 Å². The van der Waals surface area contributed by atoms with Crippen molar-refractivity contribution in [2.45, 2.75) is 6.92 Å². The van der Waals surface area contributed by atoms with Gasteiger partial charge in [-0.2, -0.15) is 0 Å². The van der Waals surface area contributed by atoms with Crippen LogP contribution in [0, 0.1) is 15.9 Å². The van der Waals surface area contributed by atoms with Crippen LogP contribution in [-0.4, -0.2) is 43.2 Å². The normalized spacial score (nSPS) is 12.2. The third kappa shape index (κ3) is 4.42.